The molecule has 1 aliphatic heterocycles. The van der Waals surface area contributed by atoms with E-state index in [4.69, 9.17) is 15.2 Å². The number of hydrogen-bond acceptors (Lipinski definition) is 6. The second-order valence-corrected chi connectivity index (χ2v) is 4.19. The van der Waals surface area contributed by atoms with E-state index in [1.54, 1.807) is 6.07 Å². The van der Waals surface area contributed by atoms with Gasteiger partial charge in [0, 0.05) is 12.6 Å². The SMILES string of the molecule is NCCCCNc1cc2c(cc1[N+](=O)[O-])OCCO2. The summed E-state index contributed by atoms with van der Waals surface area (Å²) in [7, 11) is 0. The van der Waals surface area contributed by atoms with Crippen molar-refractivity contribution in [1.29, 1.82) is 0 Å². The number of nitro groups is 1. The molecule has 19 heavy (non-hydrogen) atoms. The summed E-state index contributed by atoms with van der Waals surface area (Å²) in [6.07, 6.45) is 1.74. The van der Waals surface area contributed by atoms with Crippen molar-refractivity contribution in [2.75, 3.05) is 31.6 Å². The molecule has 0 saturated heterocycles. The van der Waals surface area contributed by atoms with Gasteiger partial charge in [-0.15, -0.1) is 0 Å². The van der Waals surface area contributed by atoms with Crippen LogP contribution in [0.3, 0.4) is 0 Å². The zero-order valence-corrected chi connectivity index (χ0v) is 10.6. The lowest BCUT2D eigenvalue weighted by Gasteiger charge is -2.19. The van der Waals surface area contributed by atoms with Gasteiger partial charge in [0.1, 0.15) is 18.9 Å². The molecule has 0 fully saturated rings. The van der Waals surface area contributed by atoms with Gasteiger partial charge < -0.3 is 20.5 Å². The molecule has 0 radical (unpaired) electrons. The van der Waals surface area contributed by atoms with Crippen LogP contribution in [0.5, 0.6) is 11.5 Å². The van der Waals surface area contributed by atoms with Crippen LogP contribution < -0.4 is 20.5 Å². The smallest absolute Gasteiger partial charge is 0.296 e. The summed E-state index contributed by atoms with van der Waals surface area (Å²) in [6, 6.07) is 3.02. The number of nitrogens with zero attached hydrogens (tertiary/aromatic N) is 1. The predicted octanol–water partition coefficient (Wildman–Crippen LogP) is 1.52. The van der Waals surface area contributed by atoms with E-state index in [0.717, 1.165) is 12.8 Å². The van der Waals surface area contributed by atoms with Crippen LogP contribution in [0.4, 0.5) is 11.4 Å². The number of nitrogens with one attached hydrogen (secondary N) is 1. The van der Waals surface area contributed by atoms with Crippen LogP contribution in [-0.2, 0) is 0 Å². The molecular weight excluding hydrogens is 250 g/mol. The van der Waals surface area contributed by atoms with Crippen LogP contribution in [0.2, 0.25) is 0 Å². The van der Waals surface area contributed by atoms with Gasteiger partial charge in [-0.2, -0.15) is 0 Å². The van der Waals surface area contributed by atoms with Crippen molar-refractivity contribution in [3.8, 4) is 11.5 Å². The first-order valence-corrected chi connectivity index (χ1v) is 6.24. The first kappa shape index (κ1) is 13.4. The average molecular weight is 267 g/mol. The molecular formula is C12H17N3O4. The number of nitro benzene ring substituents is 1. The van der Waals surface area contributed by atoms with Crippen LogP contribution in [0.25, 0.3) is 0 Å². The molecule has 0 atom stereocenters. The zero-order chi connectivity index (χ0) is 13.7. The molecule has 0 amide bonds. The lowest BCUT2D eigenvalue weighted by Crippen LogP contribution is -2.16. The molecule has 104 valence electrons. The van der Waals surface area contributed by atoms with E-state index < -0.39 is 4.92 Å². The first-order chi connectivity index (χ1) is 9.22. The minimum atomic E-state index is -0.427. The van der Waals surface area contributed by atoms with E-state index in [9.17, 15) is 10.1 Å². The molecule has 0 saturated carbocycles. The maximum absolute atomic E-state index is 11.0. The Morgan fingerprint density at radius 3 is 2.58 bits per heavy atom. The van der Waals surface area contributed by atoms with Crippen molar-refractivity contribution in [2.45, 2.75) is 12.8 Å². The monoisotopic (exact) mass is 267 g/mol. The molecule has 0 spiro atoms. The highest BCUT2D eigenvalue weighted by Gasteiger charge is 2.21. The molecule has 0 aromatic heterocycles. The van der Waals surface area contributed by atoms with E-state index >= 15 is 0 Å². The standard InChI is InChI=1S/C12H17N3O4/c13-3-1-2-4-14-9-7-11-12(19-6-5-18-11)8-10(9)15(16)17/h7-8,14H,1-6,13H2. The van der Waals surface area contributed by atoms with Gasteiger partial charge in [0.2, 0.25) is 0 Å². The first-order valence-electron chi connectivity index (χ1n) is 6.24. The van der Waals surface area contributed by atoms with E-state index in [1.807, 2.05) is 0 Å². The maximum atomic E-state index is 11.0. The van der Waals surface area contributed by atoms with E-state index in [1.165, 1.54) is 6.07 Å². The topological polar surface area (TPSA) is 99.7 Å². The Bertz CT molecular complexity index is 465. The molecule has 7 nitrogen and oxygen atoms in total. The van der Waals surface area contributed by atoms with Gasteiger partial charge >= 0.3 is 0 Å². The van der Waals surface area contributed by atoms with Crippen LogP contribution in [0, 0.1) is 10.1 Å². The van der Waals surface area contributed by atoms with Gasteiger partial charge in [-0.05, 0) is 19.4 Å². The zero-order valence-electron chi connectivity index (χ0n) is 10.6. The Balaban J connectivity index is 2.17. The fourth-order valence-corrected chi connectivity index (χ4v) is 1.86. The number of hydrogen-bond donors (Lipinski definition) is 2. The highest BCUT2D eigenvalue weighted by Crippen LogP contribution is 2.39. The number of rotatable bonds is 6. The van der Waals surface area contributed by atoms with Gasteiger partial charge in [0.05, 0.1) is 11.0 Å². The Kier molecular flexibility index (Phi) is 4.40. The summed E-state index contributed by atoms with van der Waals surface area (Å²) in [5.41, 5.74) is 5.85. The Labute approximate surface area is 110 Å². The quantitative estimate of drug-likeness (QED) is 0.460. The summed E-state index contributed by atoms with van der Waals surface area (Å²) in [4.78, 5) is 10.6. The second-order valence-electron chi connectivity index (χ2n) is 4.19. The van der Waals surface area contributed by atoms with Gasteiger partial charge in [0.15, 0.2) is 11.5 Å². The van der Waals surface area contributed by atoms with E-state index in [0.29, 0.717) is 43.5 Å². The summed E-state index contributed by atoms with van der Waals surface area (Å²) in [6.45, 7) is 2.12. The maximum Gasteiger partial charge on any atom is 0.296 e. The number of anilines is 1. The van der Waals surface area contributed by atoms with Crippen molar-refractivity contribution >= 4 is 11.4 Å². The average Bonchev–Trinajstić information content (AvgIpc) is 2.42. The van der Waals surface area contributed by atoms with Crippen molar-refractivity contribution in [1.82, 2.24) is 0 Å². The predicted molar refractivity (Wildman–Crippen MR) is 70.9 cm³/mol. The summed E-state index contributed by atoms with van der Waals surface area (Å²) >= 11 is 0. The Hall–Kier alpha value is -2.02. The van der Waals surface area contributed by atoms with Crippen LogP contribution in [-0.4, -0.2) is 31.2 Å². The normalized spacial score (nSPS) is 13.1. The molecule has 3 N–H and O–H groups in total. The summed E-state index contributed by atoms with van der Waals surface area (Å²) in [5.74, 6) is 0.962. The van der Waals surface area contributed by atoms with Crippen LogP contribution in [0.15, 0.2) is 12.1 Å². The Morgan fingerprint density at radius 2 is 1.95 bits per heavy atom. The largest absolute Gasteiger partial charge is 0.486 e. The molecule has 1 aromatic carbocycles. The highest BCUT2D eigenvalue weighted by atomic mass is 16.6. The number of ether oxygens (including phenoxy) is 2. The van der Waals surface area contributed by atoms with Gasteiger partial charge in [0.25, 0.3) is 5.69 Å². The van der Waals surface area contributed by atoms with Gasteiger partial charge in [-0.3, -0.25) is 10.1 Å². The third kappa shape index (κ3) is 3.25. The molecule has 2 rings (SSSR count). The third-order valence-electron chi connectivity index (χ3n) is 2.80. The minimum Gasteiger partial charge on any atom is -0.486 e. The molecule has 1 aromatic rings. The number of nitrogens with two attached hydrogens (primary N) is 1. The van der Waals surface area contributed by atoms with Gasteiger partial charge in [-0.1, -0.05) is 0 Å². The van der Waals surface area contributed by atoms with Crippen LogP contribution in [0.1, 0.15) is 12.8 Å². The highest BCUT2D eigenvalue weighted by molar-refractivity contribution is 5.68. The number of benzene rings is 1. The van der Waals surface area contributed by atoms with E-state index in [-0.39, 0.29) is 5.69 Å². The van der Waals surface area contributed by atoms with Crippen molar-refractivity contribution < 1.29 is 14.4 Å². The van der Waals surface area contributed by atoms with Crippen molar-refractivity contribution in [3.63, 3.8) is 0 Å². The summed E-state index contributed by atoms with van der Waals surface area (Å²) in [5, 5.41) is 14.1. The second kappa shape index (κ2) is 6.24. The molecule has 7 heteroatoms. The Morgan fingerprint density at radius 1 is 1.26 bits per heavy atom. The van der Waals surface area contributed by atoms with Crippen molar-refractivity contribution in [3.05, 3.63) is 22.2 Å². The van der Waals surface area contributed by atoms with Crippen molar-refractivity contribution in [2.24, 2.45) is 5.73 Å². The number of fused-ring (bicyclic) bond motifs is 1. The third-order valence-corrected chi connectivity index (χ3v) is 2.80. The number of unbranched alkanes of at least 4 members (excludes halogenated alkanes) is 1. The van der Waals surface area contributed by atoms with Gasteiger partial charge in [-0.25, -0.2) is 0 Å². The lowest BCUT2D eigenvalue weighted by atomic mass is 10.2. The molecule has 1 aliphatic rings. The summed E-state index contributed by atoms with van der Waals surface area (Å²) < 4.78 is 10.8. The van der Waals surface area contributed by atoms with E-state index in [2.05, 4.69) is 5.32 Å². The molecule has 0 aliphatic carbocycles. The fourth-order valence-electron chi connectivity index (χ4n) is 1.86. The van der Waals surface area contributed by atoms with Crippen LogP contribution >= 0.6 is 0 Å². The molecule has 0 unspecified atom stereocenters. The molecule has 0 bridgehead atoms. The fraction of sp³-hybridized carbons (Fsp3) is 0.500. The minimum absolute atomic E-state index is 0.00278. The lowest BCUT2D eigenvalue weighted by molar-refractivity contribution is -0.384. The molecule has 1 heterocycles.